The zero-order chi connectivity index (χ0) is 12.8. The fraction of sp³-hybridized carbons (Fsp3) is 0.933. The van der Waals surface area contributed by atoms with Crippen molar-refractivity contribution < 1.29 is 9.53 Å². The fourth-order valence-electron chi connectivity index (χ4n) is 3.31. The molecule has 0 N–H and O–H groups in total. The van der Waals surface area contributed by atoms with E-state index < -0.39 is 0 Å². The molecule has 3 heteroatoms. The molecule has 0 aromatic carbocycles. The van der Waals surface area contributed by atoms with Crippen LogP contribution in [0.2, 0.25) is 0 Å². The van der Waals surface area contributed by atoms with E-state index in [1.807, 2.05) is 6.92 Å². The van der Waals surface area contributed by atoms with E-state index in [2.05, 4.69) is 4.90 Å². The van der Waals surface area contributed by atoms with Gasteiger partial charge in [-0.2, -0.15) is 0 Å². The highest BCUT2D eigenvalue weighted by molar-refractivity contribution is 5.69. The minimum Gasteiger partial charge on any atom is -0.461 e. The lowest BCUT2D eigenvalue weighted by Crippen LogP contribution is -2.49. The second-order valence-corrected chi connectivity index (χ2v) is 5.73. The SMILES string of the molecule is CCCC(=O)OC1CCCCC1N1CCCCC1. The van der Waals surface area contributed by atoms with Crippen molar-refractivity contribution in [1.82, 2.24) is 4.90 Å². The zero-order valence-electron chi connectivity index (χ0n) is 11.7. The van der Waals surface area contributed by atoms with Crippen molar-refractivity contribution in [3.05, 3.63) is 0 Å². The maximum absolute atomic E-state index is 11.7. The van der Waals surface area contributed by atoms with Gasteiger partial charge in [-0.25, -0.2) is 0 Å². The summed E-state index contributed by atoms with van der Waals surface area (Å²) in [6.45, 7) is 4.43. The van der Waals surface area contributed by atoms with Crippen LogP contribution in [-0.4, -0.2) is 36.1 Å². The van der Waals surface area contributed by atoms with Crippen molar-refractivity contribution in [3.63, 3.8) is 0 Å². The normalized spacial score (nSPS) is 30.1. The molecule has 0 amide bonds. The molecule has 3 nitrogen and oxygen atoms in total. The molecular weight excluding hydrogens is 226 g/mol. The first kappa shape index (κ1) is 13.9. The second kappa shape index (κ2) is 7.13. The number of esters is 1. The van der Waals surface area contributed by atoms with Gasteiger partial charge in [0.2, 0.25) is 0 Å². The Labute approximate surface area is 111 Å². The highest BCUT2D eigenvalue weighted by atomic mass is 16.5. The molecule has 1 saturated carbocycles. The Kier molecular flexibility index (Phi) is 5.48. The topological polar surface area (TPSA) is 29.5 Å². The van der Waals surface area contributed by atoms with Gasteiger partial charge in [0, 0.05) is 12.5 Å². The lowest BCUT2D eigenvalue weighted by Gasteiger charge is -2.41. The summed E-state index contributed by atoms with van der Waals surface area (Å²) in [6.07, 6.45) is 10.4. The number of ether oxygens (including phenoxy) is 1. The third kappa shape index (κ3) is 3.71. The van der Waals surface area contributed by atoms with Crippen molar-refractivity contribution in [2.24, 2.45) is 0 Å². The van der Waals surface area contributed by atoms with Crippen LogP contribution < -0.4 is 0 Å². The fourth-order valence-corrected chi connectivity index (χ4v) is 3.31. The molecule has 2 unspecified atom stereocenters. The molecule has 0 bridgehead atoms. The average molecular weight is 253 g/mol. The third-order valence-electron chi connectivity index (χ3n) is 4.26. The van der Waals surface area contributed by atoms with Crippen molar-refractivity contribution >= 4 is 5.97 Å². The summed E-state index contributed by atoms with van der Waals surface area (Å²) in [5, 5.41) is 0. The lowest BCUT2D eigenvalue weighted by molar-refractivity contribution is -0.155. The Morgan fingerprint density at radius 2 is 1.83 bits per heavy atom. The van der Waals surface area contributed by atoms with Crippen LogP contribution in [0.15, 0.2) is 0 Å². The summed E-state index contributed by atoms with van der Waals surface area (Å²) in [5.41, 5.74) is 0. The summed E-state index contributed by atoms with van der Waals surface area (Å²) in [5.74, 6) is 0.00593. The molecule has 0 aromatic heterocycles. The smallest absolute Gasteiger partial charge is 0.306 e. The van der Waals surface area contributed by atoms with E-state index in [1.54, 1.807) is 0 Å². The first-order chi connectivity index (χ1) is 8.81. The molecule has 1 aliphatic carbocycles. The maximum Gasteiger partial charge on any atom is 0.306 e. The Morgan fingerprint density at radius 1 is 1.11 bits per heavy atom. The molecule has 2 aliphatic rings. The van der Waals surface area contributed by atoms with Gasteiger partial charge in [0.15, 0.2) is 0 Å². The van der Waals surface area contributed by atoms with E-state index >= 15 is 0 Å². The van der Waals surface area contributed by atoms with Crippen molar-refractivity contribution in [2.45, 2.75) is 76.9 Å². The molecule has 0 radical (unpaired) electrons. The van der Waals surface area contributed by atoms with Gasteiger partial charge < -0.3 is 4.74 Å². The van der Waals surface area contributed by atoms with Crippen LogP contribution >= 0.6 is 0 Å². The predicted molar refractivity (Wildman–Crippen MR) is 72.5 cm³/mol. The highest BCUT2D eigenvalue weighted by Crippen LogP contribution is 2.28. The molecule has 2 fully saturated rings. The molecule has 1 aliphatic heterocycles. The van der Waals surface area contributed by atoms with Gasteiger partial charge in [-0.1, -0.05) is 19.8 Å². The first-order valence-electron chi connectivity index (χ1n) is 7.75. The number of hydrogen-bond acceptors (Lipinski definition) is 3. The lowest BCUT2D eigenvalue weighted by atomic mass is 9.90. The number of nitrogens with zero attached hydrogens (tertiary/aromatic N) is 1. The Bertz CT molecular complexity index is 261. The molecule has 2 rings (SSSR count). The van der Waals surface area contributed by atoms with E-state index in [9.17, 15) is 4.79 Å². The van der Waals surface area contributed by atoms with E-state index in [4.69, 9.17) is 4.74 Å². The number of carbonyl (C=O) groups excluding carboxylic acids is 1. The third-order valence-corrected chi connectivity index (χ3v) is 4.26. The van der Waals surface area contributed by atoms with Gasteiger partial charge in [-0.15, -0.1) is 0 Å². The monoisotopic (exact) mass is 253 g/mol. The van der Waals surface area contributed by atoms with Crippen LogP contribution in [-0.2, 0) is 9.53 Å². The standard InChI is InChI=1S/C15H27NO2/c1-2-8-15(17)18-14-10-5-4-9-13(14)16-11-6-3-7-12-16/h13-14H,2-12H2,1H3. The predicted octanol–water partition coefficient (Wildman–Crippen LogP) is 3.13. The van der Waals surface area contributed by atoms with Gasteiger partial charge in [-0.05, 0) is 51.6 Å². The van der Waals surface area contributed by atoms with Crippen LogP contribution in [0.3, 0.4) is 0 Å². The molecule has 2 atom stereocenters. The molecular formula is C15H27NO2. The van der Waals surface area contributed by atoms with Crippen molar-refractivity contribution in [2.75, 3.05) is 13.1 Å². The van der Waals surface area contributed by atoms with Gasteiger partial charge in [0.05, 0.1) is 0 Å². The summed E-state index contributed by atoms with van der Waals surface area (Å²) in [7, 11) is 0. The molecule has 104 valence electrons. The highest BCUT2D eigenvalue weighted by Gasteiger charge is 2.33. The summed E-state index contributed by atoms with van der Waals surface area (Å²) in [4.78, 5) is 14.3. The van der Waals surface area contributed by atoms with Crippen LogP contribution in [0, 0.1) is 0 Å². The number of rotatable bonds is 4. The van der Waals surface area contributed by atoms with Crippen LogP contribution in [0.5, 0.6) is 0 Å². The van der Waals surface area contributed by atoms with Crippen molar-refractivity contribution in [1.29, 1.82) is 0 Å². The second-order valence-electron chi connectivity index (χ2n) is 5.73. The number of hydrogen-bond donors (Lipinski definition) is 0. The zero-order valence-corrected chi connectivity index (χ0v) is 11.7. The summed E-state index contributed by atoms with van der Waals surface area (Å²) >= 11 is 0. The first-order valence-corrected chi connectivity index (χ1v) is 7.75. The Morgan fingerprint density at radius 3 is 2.56 bits per heavy atom. The number of likely N-dealkylation sites (tertiary alicyclic amines) is 1. The van der Waals surface area contributed by atoms with Crippen LogP contribution in [0.4, 0.5) is 0 Å². The minimum atomic E-state index is 0.00593. The van der Waals surface area contributed by atoms with Crippen LogP contribution in [0.1, 0.15) is 64.7 Å². The van der Waals surface area contributed by atoms with Crippen LogP contribution in [0.25, 0.3) is 0 Å². The summed E-state index contributed by atoms with van der Waals surface area (Å²) in [6, 6.07) is 0.500. The molecule has 18 heavy (non-hydrogen) atoms. The summed E-state index contributed by atoms with van der Waals surface area (Å²) < 4.78 is 5.72. The van der Waals surface area contributed by atoms with E-state index in [-0.39, 0.29) is 12.1 Å². The number of carbonyl (C=O) groups is 1. The van der Waals surface area contributed by atoms with E-state index in [0.717, 1.165) is 12.8 Å². The minimum absolute atomic E-state index is 0.00593. The van der Waals surface area contributed by atoms with Gasteiger partial charge in [-0.3, -0.25) is 9.69 Å². The van der Waals surface area contributed by atoms with Gasteiger partial charge >= 0.3 is 5.97 Å². The molecule has 0 aromatic rings. The Balaban J connectivity index is 1.90. The quantitative estimate of drug-likeness (QED) is 0.721. The molecule has 0 spiro atoms. The molecule has 1 saturated heterocycles. The maximum atomic E-state index is 11.7. The van der Waals surface area contributed by atoms with Gasteiger partial charge in [0.1, 0.15) is 6.10 Å². The Hall–Kier alpha value is -0.570. The number of piperidine rings is 1. The molecule has 1 heterocycles. The largest absolute Gasteiger partial charge is 0.461 e. The van der Waals surface area contributed by atoms with Crippen molar-refractivity contribution in [3.8, 4) is 0 Å². The van der Waals surface area contributed by atoms with E-state index in [0.29, 0.717) is 12.5 Å². The van der Waals surface area contributed by atoms with E-state index in [1.165, 1.54) is 51.6 Å². The van der Waals surface area contributed by atoms with Gasteiger partial charge in [0.25, 0.3) is 0 Å². The average Bonchev–Trinajstić information content (AvgIpc) is 2.40.